The lowest BCUT2D eigenvalue weighted by Gasteiger charge is -2.32. The van der Waals surface area contributed by atoms with Gasteiger partial charge in [0.05, 0.1) is 0 Å². The molecule has 0 unspecified atom stereocenters. The normalized spacial score (nSPS) is 14.3. The first-order chi connectivity index (χ1) is 18.5. The van der Waals surface area contributed by atoms with Crippen molar-refractivity contribution in [3.8, 4) is 0 Å². The molecule has 0 radical (unpaired) electrons. The van der Waals surface area contributed by atoms with Crippen molar-refractivity contribution in [2.45, 2.75) is 75.4 Å². The lowest BCUT2D eigenvalue weighted by atomic mass is 10.0. The van der Waals surface area contributed by atoms with Crippen molar-refractivity contribution in [3.05, 3.63) is 101 Å². The van der Waals surface area contributed by atoms with E-state index in [0.29, 0.717) is 19.4 Å². The van der Waals surface area contributed by atoms with Crippen molar-refractivity contribution >= 4 is 35.2 Å². The van der Waals surface area contributed by atoms with Gasteiger partial charge in [-0.3, -0.25) is 9.59 Å². The Balaban J connectivity index is 1.50. The van der Waals surface area contributed by atoms with E-state index in [1.165, 1.54) is 5.56 Å². The quantitative estimate of drug-likeness (QED) is 0.192. The van der Waals surface area contributed by atoms with E-state index in [9.17, 15) is 9.59 Å². The molecule has 1 fully saturated rings. The van der Waals surface area contributed by atoms with Gasteiger partial charge in [-0.25, -0.2) is 0 Å². The van der Waals surface area contributed by atoms with Crippen LogP contribution in [0.25, 0.3) is 0 Å². The fourth-order valence-corrected chi connectivity index (χ4v) is 5.88. The van der Waals surface area contributed by atoms with E-state index in [1.807, 2.05) is 59.5 Å². The summed E-state index contributed by atoms with van der Waals surface area (Å²) in [6.45, 7) is 2.47. The molecule has 3 aromatic carbocycles. The van der Waals surface area contributed by atoms with E-state index in [-0.39, 0.29) is 17.9 Å². The third-order valence-electron chi connectivity index (χ3n) is 7.06. The molecular weight excluding hydrogens is 512 g/mol. The monoisotopic (exact) mass is 548 g/mol. The van der Waals surface area contributed by atoms with Crippen molar-refractivity contribution in [2.75, 3.05) is 5.75 Å². The van der Waals surface area contributed by atoms with Crippen LogP contribution in [-0.2, 0) is 22.6 Å². The SMILES string of the molecule is Cc1ccc(CN(C(=O)CCCSc2ccc(Cl)cc2)[C@H](Cc2ccccc2)C(=O)NC2CCCC2)cc1. The van der Waals surface area contributed by atoms with Gasteiger partial charge in [-0.2, -0.15) is 0 Å². The lowest BCUT2D eigenvalue weighted by molar-refractivity contribution is -0.141. The van der Waals surface area contributed by atoms with Gasteiger partial charge in [0.25, 0.3) is 0 Å². The minimum Gasteiger partial charge on any atom is -0.352 e. The Bertz CT molecular complexity index is 1160. The molecule has 3 aromatic rings. The van der Waals surface area contributed by atoms with Gasteiger partial charge in [0, 0.05) is 35.3 Å². The molecule has 1 aliphatic carbocycles. The number of carbonyl (C=O) groups is 2. The van der Waals surface area contributed by atoms with Crippen LogP contribution in [0.3, 0.4) is 0 Å². The molecule has 2 amide bonds. The van der Waals surface area contributed by atoms with E-state index in [2.05, 4.69) is 36.5 Å². The summed E-state index contributed by atoms with van der Waals surface area (Å²) in [5.41, 5.74) is 3.26. The Morgan fingerprint density at radius 1 is 0.947 bits per heavy atom. The molecule has 0 bridgehead atoms. The summed E-state index contributed by atoms with van der Waals surface area (Å²) in [5.74, 6) is 0.796. The molecule has 0 heterocycles. The Morgan fingerprint density at radius 2 is 1.63 bits per heavy atom. The first-order valence-corrected chi connectivity index (χ1v) is 14.9. The molecule has 38 heavy (non-hydrogen) atoms. The van der Waals surface area contributed by atoms with Crippen molar-refractivity contribution in [1.29, 1.82) is 0 Å². The topological polar surface area (TPSA) is 49.4 Å². The van der Waals surface area contributed by atoms with Crippen molar-refractivity contribution in [1.82, 2.24) is 10.2 Å². The number of nitrogens with one attached hydrogen (secondary N) is 1. The Labute approximate surface area is 236 Å². The summed E-state index contributed by atoms with van der Waals surface area (Å²) in [7, 11) is 0. The summed E-state index contributed by atoms with van der Waals surface area (Å²) in [4.78, 5) is 30.4. The van der Waals surface area contributed by atoms with Crippen molar-refractivity contribution < 1.29 is 9.59 Å². The highest BCUT2D eigenvalue weighted by Gasteiger charge is 2.31. The Kier molecular flexibility index (Phi) is 10.7. The van der Waals surface area contributed by atoms with Gasteiger partial charge >= 0.3 is 0 Å². The third kappa shape index (κ3) is 8.64. The largest absolute Gasteiger partial charge is 0.352 e. The van der Waals surface area contributed by atoms with Crippen LogP contribution < -0.4 is 5.32 Å². The van der Waals surface area contributed by atoms with Gasteiger partial charge < -0.3 is 10.2 Å². The van der Waals surface area contributed by atoms with Gasteiger partial charge in [0.1, 0.15) is 6.04 Å². The van der Waals surface area contributed by atoms with Crippen LogP contribution in [0.2, 0.25) is 5.02 Å². The highest BCUT2D eigenvalue weighted by molar-refractivity contribution is 7.99. The van der Waals surface area contributed by atoms with Crippen molar-refractivity contribution in [2.24, 2.45) is 0 Å². The van der Waals surface area contributed by atoms with E-state index < -0.39 is 6.04 Å². The smallest absolute Gasteiger partial charge is 0.243 e. The minimum absolute atomic E-state index is 0.0183. The summed E-state index contributed by atoms with van der Waals surface area (Å²) in [5, 5.41) is 3.99. The van der Waals surface area contributed by atoms with Crippen LogP contribution in [0.5, 0.6) is 0 Å². The molecule has 200 valence electrons. The standard InChI is InChI=1S/C32H37ClN2O2S/c1-24-13-15-26(16-14-24)23-35(31(36)12-7-21-38-29-19-17-27(33)18-20-29)30(22-25-8-3-2-4-9-25)32(37)34-28-10-5-6-11-28/h2-4,8-9,13-20,28,30H,5-7,10-12,21-23H2,1H3,(H,34,37)/t30-/m1/s1. The molecule has 1 N–H and O–H groups in total. The molecule has 4 nitrogen and oxygen atoms in total. The fourth-order valence-electron chi connectivity index (χ4n) is 4.90. The molecule has 1 aliphatic rings. The molecule has 4 rings (SSSR count). The van der Waals surface area contributed by atoms with Gasteiger partial charge in [-0.05, 0) is 67.3 Å². The number of thioether (sulfide) groups is 1. The molecule has 0 aromatic heterocycles. The van der Waals surface area contributed by atoms with Gasteiger partial charge in [-0.15, -0.1) is 11.8 Å². The number of amides is 2. The zero-order chi connectivity index (χ0) is 26.7. The maximum absolute atomic E-state index is 13.8. The second-order valence-electron chi connectivity index (χ2n) is 10.1. The molecule has 0 spiro atoms. The Hall–Kier alpha value is -2.76. The van der Waals surface area contributed by atoms with Crippen molar-refractivity contribution in [3.63, 3.8) is 0 Å². The molecule has 0 aliphatic heterocycles. The molecule has 1 saturated carbocycles. The van der Waals surface area contributed by atoms with E-state index >= 15 is 0 Å². The molecular formula is C32H37ClN2O2S. The van der Waals surface area contributed by atoms with E-state index in [1.54, 1.807) is 11.8 Å². The summed E-state index contributed by atoms with van der Waals surface area (Å²) < 4.78 is 0. The first-order valence-electron chi connectivity index (χ1n) is 13.6. The number of carbonyl (C=O) groups excluding carboxylic acids is 2. The number of aryl methyl sites for hydroxylation is 1. The average Bonchev–Trinajstić information content (AvgIpc) is 3.44. The summed E-state index contributed by atoms with van der Waals surface area (Å²) >= 11 is 7.72. The predicted molar refractivity (Wildman–Crippen MR) is 157 cm³/mol. The second kappa shape index (κ2) is 14.4. The van der Waals surface area contributed by atoms with E-state index in [0.717, 1.165) is 58.9 Å². The highest BCUT2D eigenvalue weighted by atomic mass is 35.5. The van der Waals surface area contributed by atoms with Crippen LogP contribution >= 0.6 is 23.4 Å². The average molecular weight is 549 g/mol. The number of rotatable bonds is 12. The maximum atomic E-state index is 13.8. The van der Waals surface area contributed by atoms with Crippen LogP contribution in [0.4, 0.5) is 0 Å². The number of nitrogens with zero attached hydrogens (tertiary/aromatic N) is 1. The summed E-state index contributed by atoms with van der Waals surface area (Å²) in [6, 6.07) is 25.7. The van der Waals surface area contributed by atoms with Gasteiger partial charge in [0.15, 0.2) is 0 Å². The number of halogens is 1. The third-order valence-corrected chi connectivity index (χ3v) is 8.41. The van der Waals surface area contributed by atoms with Crippen LogP contribution in [0.1, 0.15) is 55.2 Å². The lowest BCUT2D eigenvalue weighted by Crippen LogP contribution is -2.52. The van der Waals surface area contributed by atoms with Gasteiger partial charge in [0.2, 0.25) is 11.8 Å². The predicted octanol–water partition coefficient (Wildman–Crippen LogP) is 7.22. The molecule has 6 heteroatoms. The number of benzene rings is 3. The zero-order valence-electron chi connectivity index (χ0n) is 22.1. The zero-order valence-corrected chi connectivity index (χ0v) is 23.6. The Morgan fingerprint density at radius 3 is 2.32 bits per heavy atom. The minimum atomic E-state index is -0.560. The fraction of sp³-hybridized carbons (Fsp3) is 0.375. The number of hydrogen-bond acceptors (Lipinski definition) is 3. The second-order valence-corrected chi connectivity index (χ2v) is 11.7. The van der Waals surface area contributed by atoms with Crippen LogP contribution in [0, 0.1) is 6.92 Å². The number of hydrogen-bond donors (Lipinski definition) is 1. The highest BCUT2D eigenvalue weighted by Crippen LogP contribution is 2.23. The molecule has 0 saturated heterocycles. The first kappa shape index (κ1) is 28.3. The maximum Gasteiger partial charge on any atom is 0.243 e. The molecule has 1 atom stereocenters. The van der Waals surface area contributed by atoms with Gasteiger partial charge in [-0.1, -0.05) is 84.6 Å². The van der Waals surface area contributed by atoms with Crippen LogP contribution in [-0.4, -0.2) is 34.6 Å². The van der Waals surface area contributed by atoms with Crippen LogP contribution in [0.15, 0.2) is 83.8 Å². The van der Waals surface area contributed by atoms with E-state index in [4.69, 9.17) is 11.6 Å². The summed E-state index contributed by atoms with van der Waals surface area (Å²) in [6.07, 6.45) is 5.94.